The van der Waals surface area contributed by atoms with Gasteiger partial charge in [0.05, 0.1) is 12.8 Å². The number of carbonyl (C=O) groups is 1. The Bertz CT molecular complexity index is 872. The molecule has 0 radical (unpaired) electrons. The van der Waals surface area contributed by atoms with Crippen LogP contribution in [0.25, 0.3) is 6.08 Å². The molecule has 1 heterocycles. The van der Waals surface area contributed by atoms with E-state index in [4.69, 9.17) is 4.74 Å². The highest BCUT2D eigenvalue weighted by atomic mass is 16.5. The molecule has 1 aromatic carbocycles. The quantitative estimate of drug-likeness (QED) is 0.582. The molecule has 0 aliphatic heterocycles. The predicted molar refractivity (Wildman–Crippen MR) is 104 cm³/mol. The van der Waals surface area contributed by atoms with Crippen molar-refractivity contribution in [1.29, 1.82) is 5.26 Å². The predicted octanol–water partition coefficient (Wildman–Crippen LogP) is 4.09. The van der Waals surface area contributed by atoms with Crippen LogP contribution in [0.2, 0.25) is 0 Å². The third-order valence-electron chi connectivity index (χ3n) is 4.46. The monoisotopic (exact) mass is 351 g/mol. The van der Waals surface area contributed by atoms with E-state index in [1.807, 2.05) is 38.1 Å². The van der Waals surface area contributed by atoms with Gasteiger partial charge in [-0.1, -0.05) is 19.1 Å². The number of amides is 1. The fourth-order valence-corrected chi connectivity index (χ4v) is 3.04. The Morgan fingerprint density at radius 1 is 1.35 bits per heavy atom. The van der Waals surface area contributed by atoms with Crippen LogP contribution in [-0.2, 0) is 11.3 Å². The van der Waals surface area contributed by atoms with Gasteiger partial charge in [-0.2, -0.15) is 5.26 Å². The molecule has 0 saturated carbocycles. The van der Waals surface area contributed by atoms with Gasteiger partial charge in [-0.05, 0) is 50.1 Å². The molecule has 0 N–H and O–H groups in total. The van der Waals surface area contributed by atoms with Gasteiger partial charge in [0.2, 0.25) is 0 Å². The van der Waals surface area contributed by atoms with Crippen molar-refractivity contribution in [1.82, 2.24) is 4.57 Å². The van der Waals surface area contributed by atoms with E-state index in [0.717, 1.165) is 29.9 Å². The van der Waals surface area contributed by atoms with Gasteiger partial charge in [0, 0.05) is 25.0 Å². The summed E-state index contributed by atoms with van der Waals surface area (Å²) in [7, 11) is 3.20. The van der Waals surface area contributed by atoms with Crippen molar-refractivity contribution in [2.75, 3.05) is 19.1 Å². The first-order chi connectivity index (χ1) is 12.4. The average molecular weight is 351 g/mol. The smallest absolute Gasteiger partial charge is 0.268 e. The molecule has 0 atom stereocenters. The average Bonchev–Trinajstić information content (AvgIpc) is 2.92. The number of para-hydroxylation sites is 2. The molecule has 0 saturated heterocycles. The van der Waals surface area contributed by atoms with Crippen molar-refractivity contribution in [2.24, 2.45) is 0 Å². The maximum atomic E-state index is 12.8. The lowest BCUT2D eigenvalue weighted by atomic mass is 10.1. The van der Waals surface area contributed by atoms with Crippen molar-refractivity contribution < 1.29 is 9.53 Å². The van der Waals surface area contributed by atoms with Crippen molar-refractivity contribution in [2.45, 2.75) is 33.7 Å². The van der Waals surface area contributed by atoms with E-state index in [1.54, 1.807) is 32.4 Å². The third-order valence-corrected chi connectivity index (χ3v) is 4.46. The summed E-state index contributed by atoms with van der Waals surface area (Å²) in [5.41, 5.74) is 3.80. The number of likely N-dealkylation sites (N-methyl/N-ethyl adjacent to an activating group) is 1. The number of ether oxygens (including phenoxy) is 1. The first-order valence-electron chi connectivity index (χ1n) is 8.64. The molecule has 2 rings (SSSR count). The highest BCUT2D eigenvalue weighted by Crippen LogP contribution is 2.28. The summed E-state index contributed by atoms with van der Waals surface area (Å²) in [5.74, 6) is 0.221. The molecular weight excluding hydrogens is 326 g/mol. The van der Waals surface area contributed by atoms with Crippen LogP contribution in [0.4, 0.5) is 5.69 Å². The number of carbonyl (C=O) groups excluding carboxylic acids is 1. The first kappa shape index (κ1) is 19.3. The summed E-state index contributed by atoms with van der Waals surface area (Å²) in [6.07, 6.45) is 2.70. The number of aryl methyl sites for hydroxylation is 1. The maximum absolute atomic E-state index is 12.8. The largest absolute Gasteiger partial charge is 0.495 e. The third kappa shape index (κ3) is 3.80. The van der Waals surface area contributed by atoms with Crippen molar-refractivity contribution in [3.05, 3.63) is 52.9 Å². The Kier molecular flexibility index (Phi) is 6.24. The molecule has 0 bridgehead atoms. The zero-order valence-electron chi connectivity index (χ0n) is 16.0. The van der Waals surface area contributed by atoms with E-state index in [2.05, 4.69) is 11.5 Å². The van der Waals surface area contributed by atoms with E-state index in [0.29, 0.717) is 11.4 Å². The molecule has 0 aliphatic carbocycles. The van der Waals surface area contributed by atoms with E-state index < -0.39 is 0 Å². The second-order valence-corrected chi connectivity index (χ2v) is 6.18. The lowest BCUT2D eigenvalue weighted by Crippen LogP contribution is -2.27. The molecule has 5 heteroatoms. The van der Waals surface area contributed by atoms with Crippen molar-refractivity contribution >= 4 is 17.7 Å². The van der Waals surface area contributed by atoms with Gasteiger partial charge in [-0.25, -0.2) is 0 Å². The van der Waals surface area contributed by atoms with Crippen molar-refractivity contribution in [3.8, 4) is 11.8 Å². The molecular formula is C21H25N3O2. The van der Waals surface area contributed by atoms with Gasteiger partial charge in [0.25, 0.3) is 5.91 Å². The Morgan fingerprint density at radius 3 is 2.65 bits per heavy atom. The van der Waals surface area contributed by atoms with Crippen LogP contribution >= 0.6 is 0 Å². The number of methoxy groups -OCH3 is 1. The van der Waals surface area contributed by atoms with Crippen molar-refractivity contribution in [3.63, 3.8) is 0 Å². The lowest BCUT2D eigenvalue weighted by molar-refractivity contribution is -0.114. The number of benzene rings is 1. The summed E-state index contributed by atoms with van der Waals surface area (Å²) in [6.45, 7) is 7.09. The SMILES string of the molecule is CCCn1c(C)cc(/C=C(/C#N)C(=O)N(C)c2ccccc2OC)c1C. The highest BCUT2D eigenvalue weighted by molar-refractivity contribution is 6.11. The highest BCUT2D eigenvalue weighted by Gasteiger charge is 2.20. The molecule has 1 aromatic heterocycles. The van der Waals surface area contributed by atoms with Gasteiger partial charge < -0.3 is 14.2 Å². The Balaban J connectivity index is 2.39. The number of hydrogen-bond acceptors (Lipinski definition) is 3. The normalized spacial score (nSPS) is 11.2. The fraction of sp³-hybridized carbons (Fsp3) is 0.333. The van der Waals surface area contributed by atoms with Gasteiger partial charge in [-0.15, -0.1) is 0 Å². The molecule has 26 heavy (non-hydrogen) atoms. The van der Waals surface area contributed by atoms with E-state index in [1.165, 1.54) is 4.90 Å². The standard InChI is InChI=1S/C21H25N3O2/c1-6-11-24-15(2)12-17(16(24)3)13-18(14-22)21(25)23(4)19-9-7-8-10-20(19)26-5/h7-10,12-13H,6,11H2,1-5H3/b18-13-. The van der Waals surface area contributed by atoms with E-state index in [-0.39, 0.29) is 11.5 Å². The summed E-state index contributed by atoms with van der Waals surface area (Å²) in [6, 6.07) is 11.3. The van der Waals surface area contributed by atoms with Gasteiger partial charge in [-0.3, -0.25) is 4.79 Å². The number of nitriles is 1. The molecule has 0 fully saturated rings. The van der Waals surface area contributed by atoms with Gasteiger partial charge >= 0.3 is 0 Å². The minimum absolute atomic E-state index is 0.0927. The Hall–Kier alpha value is -3.00. The molecule has 0 spiro atoms. The zero-order valence-corrected chi connectivity index (χ0v) is 16.0. The van der Waals surface area contributed by atoms with Crippen LogP contribution in [0.1, 0.15) is 30.3 Å². The number of rotatable bonds is 6. The minimum atomic E-state index is -0.364. The molecule has 0 unspecified atom stereocenters. The summed E-state index contributed by atoms with van der Waals surface area (Å²) in [5, 5.41) is 9.55. The summed E-state index contributed by atoms with van der Waals surface area (Å²) < 4.78 is 7.52. The first-order valence-corrected chi connectivity index (χ1v) is 8.64. The fourth-order valence-electron chi connectivity index (χ4n) is 3.04. The molecule has 1 amide bonds. The molecule has 136 valence electrons. The van der Waals surface area contributed by atoms with E-state index in [9.17, 15) is 10.1 Å². The lowest BCUT2D eigenvalue weighted by Gasteiger charge is -2.19. The zero-order chi connectivity index (χ0) is 19.3. The number of aromatic nitrogens is 1. The number of nitrogens with zero attached hydrogens (tertiary/aromatic N) is 3. The second kappa shape index (κ2) is 8.39. The molecule has 0 aliphatic rings. The van der Waals surface area contributed by atoms with Crippen LogP contribution in [0, 0.1) is 25.2 Å². The maximum Gasteiger partial charge on any atom is 0.268 e. The topological polar surface area (TPSA) is 58.3 Å². The number of anilines is 1. The van der Waals surface area contributed by atoms with Gasteiger partial charge in [0.15, 0.2) is 0 Å². The van der Waals surface area contributed by atoms with Crippen LogP contribution in [0.5, 0.6) is 5.75 Å². The van der Waals surface area contributed by atoms with Crippen LogP contribution in [-0.4, -0.2) is 24.6 Å². The van der Waals surface area contributed by atoms with Crippen LogP contribution < -0.4 is 9.64 Å². The molecule has 2 aromatic rings. The molecule has 5 nitrogen and oxygen atoms in total. The Morgan fingerprint density at radius 2 is 2.04 bits per heavy atom. The summed E-state index contributed by atoms with van der Waals surface area (Å²) >= 11 is 0. The number of hydrogen-bond donors (Lipinski definition) is 0. The van der Waals surface area contributed by atoms with Gasteiger partial charge in [0.1, 0.15) is 17.4 Å². The van der Waals surface area contributed by atoms with Crippen LogP contribution in [0.15, 0.2) is 35.9 Å². The summed E-state index contributed by atoms with van der Waals surface area (Å²) in [4.78, 5) is 14.3. The second-order valence-electron chi connectivity index (χ2n) is 6.18. The Labute approximate surface area is 155 Å². The minimum Gasteiger partial charge on any atom is -0.495 e. The van der Waals surface area contributed by atoms with E-state index >= 15 is 0 Å². The van der Waals surface area contributed by atoms with Crippen LogP contribution in [0.3, 0.4) is 0 Å².